The van der Waals surface area contributed by atoms with Crippen molar-refractivity contribution in [3.8, 4) is 0 Å². The fraction of sp³-hybridized carbons (Fsp3) is 0.333. The highest BCUT2D eigenvalue weighted by atomic mass is 35.5. The van der Waals surface area contributed by atoms with E-state index in [4.69, 9.17) is 34.0 Å². The van der Waals surface area contributed by atoms with Gasteiger partial charge in [0, 0.05) is 16.1 Å². The Kier molecular flexibility index (Phi) is 6.49. The summed E-state index contributed by atoms with van der Waals surface area (Å²) in [6.45, 7) is -0.0376. The maximum Gasteiger partial charge on any atom is 0.0585 e. The third kappa shape index (κ3) is 4.49. The zero-order valence-electron chi connectivity index (χ0n) is 7.41. The van der Waals surface area contributed by atoms with Crippen molar-refractivity contribution in [1.29, 1.82) is 0 Å². The van der Waals surface area contributed by atoms with Crippen LogP contribution in [0.25, 0.3) is 0 Å². The predicted octanol–water partition coefficient (Wildman–Crippen LogP) is 2.28. The third-order valence-corrected chi connectivity index (χ3v) is 2.09. The number of hydrogen-bond donors (Lipinski definition) is 2. The molecule has 1 atom stereocenters. The van der Waals surface area contributed by atoms with Gasteiger partial charge < -0.3 is 10.8 Å². The molecule has 5 heteroatoms. The van der Waals surface area contributed by atoms with Crippen molar-refractivity contribution in [3.05, 3.63) is 33.8 Å². The lowest BCUT2D eigenvalue weighted by Gasteiger charge is -2.08. The van der Waals surface area contributed by atoms with E-state index in [1.165, 1.54) is 0 Å². The molecular weight excluding hydrogens is 244 g/mol. The molecule has 14 heavy (non-hydrogen) atoms. The molecule has 0 aliphatic rings. The zero-order chi connectivity index (χ0) is 9.84. The van der Waals surface area contributed by atoms with E-state index in [2.05, 4.69) is 0 Å². The van der Waals surface area contributed by atoms with Gasteiger partial charge in [0.1, 0.15) is 0 Å². The van der Waals surface area contributed by atoms with E-state index >= 15 is 0 Å². The monoisotopic (exact) mass is 255 g/mol. The van der Waals surface area contributed by atoms with Crippen molar-refractivity contribution in [2.75, 3.05) is 6.61 Å². The van der Waals surface area contributed by atoms with Crippen LogP contribution in [0.3, 0.4) is 0 Å². The van der Waals surface area contributed by atoms with Gasteiger partial charge in [0.15, 0.2) is 0 Å². The molecule has 2 nitrogen and oxygen atoms in total. The summed E-state index contributed by atoms with van der Waals surface area (Å²) in [7, 11) is 0. The lowest BCUT2D eigenvalue weighted by molar-refractivity contribution is 0.265. The molecule has 0 fully saturated rings. The van der Waals surface area contributed by atoms with Crippen LogP contribution in [0.2, 0.25) is 10.0 Å². The van der Waals surface area contributed by atoms with E-state index in [1.807, 2.05) is 0 Å². The summed E-state index contributed by atoms with van der Waals surface area (Å²) in [4.78, 5) is 0. The molecule has 0 heterocycles. The Hall–Kier alpha value is 0.01000. The Morgan fingerprint density at radius 3 is 2.14 bits per heavy atom. The fourth-order valence-electron chi connectivity index (χ4n) is 1.10. The van der Waals surface area contributed by atoms with Gasteiger partial charge in [0.05, 0.1) is 6.61 Å². The molecule has 1 rings (SSSR count). The van der Waals surface area contributed by atoms with Crippen LogP contribution in [0.15, 0.2) is 18.2 Å². The topological polar surface area (TPSA) is 46.2 Å². The van der Waals surface area contributed by atoms with Crippen molar-refractivity contribution in [2.24, 2.45) is 5.73 Å². The van der Waals surface area contributed by atoms with Crippen LogP contribution in [-0.2, 0) is 6.42 Å². The summed E-state index contributed by atoms with van der Waals surface area (Å²) in [5.41, 5.74) is 6.51. The highest BCUT2D eigenvalue weighted by molar-refractivity contribution is 6.34. The molecule has 80 valence electrons. The van der Waals surface area contributed by atoms with Gasteiger partial charge in [-0.15, -0.1) is 12.4 Å². The highest BCUT2D eigenvalue weighted by Gasteiger charge is 2.04. The van der Waals surface area contributed by atoms with Crippen LogP contribution >= 0.6 is 35.6 Å². The maximum absolute atomic E-state index is 8.74. The van der Waals surface area contributed by atoms with Gasteiger partial charge in [-0.1, -0.05) is 23.2 Å². The zero-order valence-corrected chi connectivity index (χ0v) is 9.74. The summed E-state index contributed by atoms with van der Waals surface area (Å²) >= 11 is 11.6. The van der Waals surface area contributed by atoms with Crippen molar-refractivity contribution in [3.63, 3.8) is 0 Å². The second-order valence-corrected chi connectivity index (χ2v) is 3.80. The standard InChI is InChI=1S/C9H11Cl2NO.ClH/c10-7-1-6(2-8(11)4-7)3-9(12)5-13;/h1-2,4,9,13H,3,5,12H2;1H. The van der Waals surface area contributed by atoms with E-state index in [9.17, 15) is 0 Å². The Bertz CT molecular complexity index is 273. The van der Waals surface area contributed by atoms with Gasteiger partial charge >= 0.3 is 0 Å². The number of rotatable bonds is 3. The van der Waals surface area contributed by atoms with Crippen LogP contribution < -0.4 is 5.73 Å². The largest absolute Gasteiger partial charge is 0.395 e. The molecule has 3 N–H and O–H groups in total. The van der Waals surface area contributed by atoms with Gasteiger partial charge in [-0.3, -0.25) is 0 Å². The lowest BCUT2D eigenvalue weighted by Crippen LogP contribution is -2.26. The maximum atomic E-state index is 8.74. The number of aliphatic hydroxyl groups excluding tert-OH is 1. The van der Waals surface area contributed by atoms with Crippen LogP contribution in [-0.4, -0.2) is 17.8 Å². The number of aliphatic hydroxyl groups is 1. The van der Waals surface area contributed by atoms with E-state index in [-0.39, 0.29) is 25.1 Å². The summed E-state index contributed by atoms with van der Waals surface area (Å²) in [5, 5.41) is 9.92. The van der Waals surface area contributed by atoms with Crippen molar-refractivity contribution in [2.45, 2.75) is 12.5 Å². The molecule has 0 aliphatic heterocycles. The first-order chi connectivity index (χ1) is 6.11. The normalized spacial score (nSPS) is 12.0. The van der Waals surface area contributed by atoms with E-state index in [0.29, 0.717) is 16.5 Å². The molecule has 0 aliphatic carbocycles. The van der Waals surface area contributed by atoms with Gasteiger partial charge in [-0.05, 0) is 30.2 Å². The van der Waals surface area contributed by atoms with Crippen molar-refractivity contribution < 1.29 is 5.11 Å². The first kappa shape index (κ1) is 14.0. The fourth-order valence-corrected chi connectivity index (χ4v) is 1.67. The first-order valence-corrected chi connectivity index (χ1v) is 4.69. The molecular formula is C9H12Cl3NO. The van der Waals surface area contributed by atoms with E-state index < -0.39 is 0 Å². The number of benzene rings is 1. The minimum Gasteiger partial charge on any atom is -0.395 e. The number of nitrogens with two attached hydrogens (primary N) is 1. The molecule has 0 saturated carbocycles. The molecule has 0 bridgehead atoms. The van der Waals surface area contributed by atoms with Crippen LogP contribution in [0.5, 0.6) is 0 Å². The van der Waals surface area contributed by atoms with Crippen molar-refractivity contribution in [1.82, 2.24) is 0 Å². The van der Waals surface area contributed by atoms with Crippen LogP contribution in [0.1, 0.15) is 5.56 Å². The van der Waals surface area contributed by atoms with Gasteiger partial charge in [0.25, 0.3) is 0 Å². The number of halogens is 3. The summed E-state index contributed by atoms with van der Waals surface area (Å²) in [5.74, 6) is 0. The Morgan fingerprint density at radius 2 is 1.71 bits per heavy atom. The summed E-state index contributed by atoms with van der Waals surface area (Å²) in [6.07, 6.45) is 0.580. The smallest absolute Gasteiger partial charge is 0.0585 e. The second kappa shape index (κ2) is 6.49. The molecule has 1 unspecified atom stereocenters. The minimum atomic E-state index is -0.255. The first-order valence-electron chi connectivity index (χ1n) is 3.93. The predicted molar refractivity (Wildman–Crippen MR) is 62.5 cm³/mol. The Morgan fingerprint density at radius 1 is 1.21 bits per heavy atom. The molecule has 0 saturated heterocycles. The minimum absolute atomic E-state index is 0. The SMILES string of the molecule is Cl.NC(CO)Cc1cc(Cl)cc(Cl)c1. The molecule has 0 spiro atoms. The average Bonchev–Trinajstić information content (AvgIpc) is 2.02. The average molecular weight is 257 g/mol. The molecule has 1 aromatic rings. The van der Waals surface area contributed by atoms with Gasteiger partial charge in [-0.2, -0.15) is 0 Å². The lowest BCUT2D eigenvalue weighted by atomic mass is 10.1. The van der Waals surface area contributed by atoms with E-state index in [0.717, 1.165) is 5.56 Å². The Balaban J connectivity index is 0.00000169. The van der Waals surface area contributed by atoms with Crippen molar-refractivity contribution >= 4 is 35.6 Å². The second-order valence-electron chi connectivity index (χ2n) is 2.92. The summed E-state index contributed by atoms with van der Waals surface area (Å²) in [6, 6.07) is 5.00. The van der Waals surface area contributed by atoms with E-state index in [1.54, 1.807) is 18.2 Å². The van der Waals surface area contributed by atoms with Gasteiger partial charge in [0.2, 0.25) is 0 Å². The molecule has 0 aromatic heterocycles. The highest BCUT2D eigenvalue weighted by Crippen LogP contribution is 2.19. The quantitative estimate of drug-likeness (QED) is 0.871. The molecule has 1 aromatic carbocycles. The third-order valence-electron chi connectivity index (χ3n) is 1.65. The molecule has 0 amide bonds. The van der Waals surface area contributed by atoms with Gasteiger partial charge in [-0.25, -0.2) is 0 Å². The number of hydrogen-bond acceptors (Lipinski definition) is 2. The van der Waals surface area contributed by atoms with Crippen LogP contribution in [0, 0.1) is 0 Å². The molecule has 0 radical (unpaired) electrons. The Labute approximate surface area is 99.4 Å². The summed E-state index contributed by atoms with van der Waals surface area (Å²) < 4.78 is 0. The van der Waals surface area contributed by atoms with Crippen LogP contribution in [0.4, 0.5) is 0 Å².